The topological polar surface area (TPSA) is 77.0 Å². The predicted octanol–water partition coefficient (Wildman–Crippen LogP) is 3.24. The summed E-state index contributed by atoms with van der Waals surface area (Å²) in [6.45, 7) is 0. The fourth-order valence-electron chi connectivity index (χ4n) is 2.88. The Labute approximate surface area is 165 Å². The number of pyridine rings is 2. The summed E-state index contributed by atoms with van der Waals surface area (Å²) in [4.78, 5) is 20.5. The predicted molar refractivity (Wildman–Crippen MR) is 108 cm³/mol. The summed E-state index contributed by atoms with van der Waals surface area (Å²) in [7, 11) is -3.37. The van der Waals surface area contributed by atoms with Crippen LogP contribution >= 0.6 is 0 Å². The smallest absolute Gasteiger partial charge is 0.178 e. The highest BCUT2D eigenvalue weighted by Crippen LogP contribution is 2.15. The minimum Gasteiger partial charge on any atom is -0.299 e. The molecule has 0 saturated carbocycles. The van der Waals surface area contributed by atoms with Crippen LogP contribution in [0.15, 0.2) is 78.2 Å². The van der Waals surface area contributed by atoms with Crippen molar-refractivity contribution in [3.8, 4) is 0 Å². The van der Waals surface area contributed by atoms with Crippen LogP contribution < -0.4 is 0 Å². The van der Waals surface area contributed by atoms with Gasteiger partial charge in [-0.3, -0.25) is 14.8 Å². The van der Waals surface area contributed by atoms with E-state index in [1.165, 1.54) is 0 Å². The van der Waals surface area contributed by atoms with Crippen molar-refractivity contribution in [1.29, 1.82) is 0 Å². The van der Waals surface area contributed by atoms with Gasteiger partial charge in [0.05, 0.1) is 10.6 Å². The summed E-state index contributed by atoms with van der Waals surface area (Å²) in [6, 6.07) is 14.1. The highest BCUT2D eigenvalue weighted by atomic mass is 32.2. The van der Waals surface area contributed by atoms with Crippen molar-refractivity contribution < 1.29 is 13.2 Å². The Hall–Kier alpha value is -2.86. The molecule has 5 nitrogen and oxygen atoms in total. The minimum atomic E-state index is -3.37. The molecule has 6 heteroatoms. The molecule has 0 radical (unpaired) electrons. The number of sulfone groups is 1. The average molecular weight is 394 g/mol. The van der Waals surface area contributed by atoms with Gasteiger partial charge in [-0.05, 0) is 53.8 Å². The molecular formula is C22H22N2O3S. The zero-order valence-corrected chi connectivity index (χ0v) is 16.3. The lowest BCUT2D eigenvalue weighted by Gasteiger charge is -2.06. The number of Topliss-reactive ketones (excluding diaryl/α,β-unsaturated/α-hetero) is 1. The Bertz CT molecular complexity index is 1000. The van der Waals surface area contributed by atoms with Crippen LogP contribution in [0.5, 0.6) is 0 Å². The third-order valence-electron chi connectivity index (χ3n) is 4.48. The molecule has 0 fully saturated rings. The highest BCUT2D eigenvalue weighted by molar-refractivity contribution is 7.91. The maximum Gasteiger partial charge on any atom is 0.178 e. The third-order valence-corrected chi connectivity index (χ3v) is 6.21. The first-order valence-corrected chi connectivity index (χ1v) is 10.8. The molecule has 0 spiro atoms. The summed E-state index contributed by atoms with van der Waals surface area (Å²) in [5.41, 5.74) is 2.75. The maximum absolute atomic E-state index is 12.5. The molecule has 0 unspecified atom stereocenters. The molecule has 0 saturated heterocycles. The fraction of sp³-hybridized carbons (Fsp3) is 0.227. The standard InChI is InChI=1S/C22H22N2O3S/c25-21(8-5-19-3-1-12-23-16-19)15-18-6-9-22(10-7-18)28(26,27)14-11-20-4-2-13-24-17-20/h1-4,6-7,9-10,12-13,16-17H,5,8,11,14-15H2. The van der Waals surface area contributed by atoms with Crippen molar-refractivity contribution >= 4 is 15.6 Å². The monoisotopic (exact) mass is 394 g/mol. The van der Waals surface area contributed by atoms with Gasteiger partial charge in [0.15, 0.2) is 9.84 Å². The molecule has 0 amide bonds. The zero-order valence-electron chi connectivity index (χ0n) is 15.5. The number of hydrogen-bond acceptors (Lipinski definition) is 5. The Morgan fingerprint density at radius 1 is 0.786 bits per heavy atom. The molecule has 2 heterocycles. The first-order chi connectivity index (χ1) is 13.5. The van der Waals surface area contributed by atoms with Crippen LogP contribution in [0, 0.1) is 0 Å². The summed E-state index contributed by atoms with van der Waals surface area (Å²) < 4.78 is 25.0. The van der Waals surface area contributed by atoms with Crippen LogP contribution in [-0.4, -0.2) is 29.9 Å². The molecule has 144 valence electrons. The van der Waals surface area contributed by atoms with E-state index in [2.05, 4.69) is 9.97 Å². The molecule has 0 aliphatic heterocycles. The SMILES string of the molecule is O=C(CCc1cccnc1)Cc1ccc(S(=O)(=O)CCc2cccnc2)cc1. The van der Waals surface area contributed by atoms with E-state index in [4.69, 9.17) is 0 Å². The van der Waals surface area contributed by atoms with Crippen molar-refractivity contribution in [2.75, 3.05) is 5.75 Å². The normalized spacial score (nSPS) is 11.3. The van der Waals surface area contributed by atoms with Gasteiger partial charge < -0.3 is 0 Å². The quantitative estimate of drug-likeness (QED) is 0.557. The Balaban J connectivity index is 1.54. The number of aryl methyl sites for hydroxylation is 2. The summed E-state index contributed by atoms with van der Waals surface area (Å²) in [5, 5.41) is 0. The first kappa shape index (κ1) is 19.9. The van der Waals surface area contributed by atoms with Gasteiger partial charge in [-0.2, -0.15) is 0 Å². The molecule has 0 aliphatic carbocycles. The minimum absolute atomic E-state index is 0.0298. The highest BCUT2D eigenvalue weighted by Gasteiger charge is 2.15. The summed E-state index contributed by atoms with van der Waals surface area (Å²) in [6.07, 6.45) is 8.63. The van der Waals surface area contributed by atoms with Crippen LogP contribution in [0.2, 0.25) is 0 Å². The lowest BCUT2D eigenvalue weighted by molar-refractivity contribution is -0.118. The van der Waals surface area contributed by atoms with Crippen LogP contribution in [0.1, 0.15) is 23.1 Å². The van der Waals surface area contributed by atoms with Crippen LogP contribution in [0.4, 0.5) is 0 Å². The van der Waals surface area contributed by atoms with Crippen LogP contribution in [0.3, 0.4) is 0 Å². The number of carbonyl (C=O) groups excluding carboxylic acids is 1. The first-order valence-electron chi connectivity index (χ1n) is 9.14. The Morgan fingerprint density at radius 3 is 1.96 bits per heavy atom. The van der Waals surface area contributed by atoms with E-state index in [0.717, 1.165) is 16.7 Å². The number of benzene rings is 1. The van der Waals surface area contributed by atoms with Gasteiger partial charge in [-0.15, -0.1) is 0 Å². The van der Waals surface area contributed by atoms with Crippen LogP contribution in [0.25, 0.3) is 0 Å². The molecule has 28 heavy (non-hydrogen) atoms. The van der Waals surface area contributed by atoms with Crippen molar-refractivity contribution in [2.45, 2.75) is 30.6 Å². The molecule has 2 aromatic heterocycles. The van der Waals surface area contributed by atoms with E-state index in [9.17, 15) is 13.2 Å². The molecule has 0 bridgehead atoms. The van der Waals surface area contributed by atoms with Gasteiger partial charge in [0, 0.05) is 37.6 Å². The van der Waals surface area contributed by atoms with Crippen molar-refractivity contribution in [3.63, 3.8) is 0 Å². The Kier molecular flexibility index (Phi) is 6.66. The van der Waals surface area contributed by atoms with Gasteiger partial charge in [0.2, 0.25) is 0 Å². The molecule has 0 N–H and O–H groups in total. The van der Waals surface area contributed by atoms with Gasteiger partial charge in [-0.1, -0.05) is 24.3 Å². The molecular weight excluding hydrogens is 372 g/mol. The van der Waals surface area contributed by atoms with Crippen LogP contribution in [-0.2, 0) is 33.9 Å². The lowest BCUT2D eigenvalue weighted by Crippen LogP contribution is -2.10. The molecule has 1 aromatic carbocycles. The largest absolute Gasteiger partial charge is 0.299 e. The number of carbonyl (C=O) groups is 1. The fourth-order valence-corrected chi connectivity index (χ4v) is 4.17. The van der Waals surface area contributed by atoms with Crippen molar-refractivity contribution in [1.82, 2.24) is 9.97 Å². The Morgan fingerprint density at radius 2 is 1.39 bits per heavy atom. The van der Waals surface area contributed by atoms with Gasteiger partial charge in [0.25, 0.3) is 0 Å². The van der Waals surface area contributed by atoms with E-state index in [-0.39, 0.29) is 16.4 Å². The molecule has 0 aliphatic rings. The van der Waals surface area contributed by atoms with Crippen molar-refractivity contribution in [3.05, 3.63) is 90.0 Å². The van der Waals surface area contributed by atoms with Crippen molar-refractivity contribution in [2.24, 2.45) is 0 Å². The second-order valence-corrected chi connectivity index (χ2v) is 8.76. The van der Waals surface area contributed by atoms with E-state index < -0.39 is 9.84 Å². The second-order valence-electron chi connectivity index (χ2n) is 6.65. The third kappa shape index (κ3) is 5.82. The zero-order chi connectivity index (χ0) is 19.8. The molecule has 3 rings (SSSR count). The van der Waals surface area contributed by atoms with E-state index >= 15 is 0 Å². The lowest BCUT2D eigenvalue weighted by atomic mass is 10.0. The van der Waals surface area contributed by atoms with E-state index in [1.807, 2.05) is 18.2 Å². The van der Waals surface area contributed by atoms with Gasteiger partial charge >= 0.3 is 0 Å². The molecule has 0 atom stereocenters. The summed E-state index contributed by atoms with van der Waals surface area (Å²) >= 11 is 0. The second kappa shape index (κ2) is 9.37. The summed E-state index contributed by atoms with van der Waals surface area (Å²) in [5.74, 6) is 0.151. The van der Waals surface area contributed by atoms with Gasteiger partial charge in [-0.25, -0.2) is 8.42 Å². The van der Waals surface area contributed by atoms with E-state index in [1.54, 1.807) is 55.1 Å². The average Bonchev–Trinajstić information content (AvgIpc) is 2.73. The van der Waals surface area contributed by atoms with E-state index in [0.29, 0.717) is 25.7 Å². The number of hydrogen-bond donors (Lipinski definition) is 0. The number of aromatic nitrogens is 2. The number of ketones is 1. The molecule has 3 aromatic rings. The number of nitrogens with zero attached hydrogens (tertiary/aromatic N) is 2. The number of rotatable bonds is 9. The van der Waals surface area contributed by atoms with Gasteiger partial charge in [0.1, 0.15) is 5.78 Å². The maximum atomic E-state index is 12.5.